The zero-order valence-corrected chi connectivity index (χ0v) is 7.92. The minimum absolute atomic E-state index is 0.487. The molecule has 0 spiro atoms. The van der Waals surface area contributed by atoms with Gasteiger partial charge in [0, 0.05) is 6.61 Å². The standard InChI is InChI=1S/C10H16O2/c1-5-9(11)7-8-10(3,4)12-6-2/h5,9,11H,1,6H2,2-4H3. The second-order valence-electron chi connectivity index (χ2n) is 2.89. The van der Waals surface area contributed by atoms with E-state index in [1.807, 2.05) is 20.8 Å². The van der Waals surface area contributed by atoms with E-state index in [1.165, 1.54) is 6.08 Å². The maximum absolute atomic E-state index is 9.04. The molecule has 0 aliphatic rings. The first-order valence-electron chi connectivity index (χ1n) is 3.99. The van der Waals surface area contributed by atoms with Gasteiger partial charge in [-0.25, -0.2) is 0 Å². The Morgan fingerprint density at radius 2 is 2.25 bits per heavy atom. The quantitative estimate of drug-likeness (QED) is 0.509. The summed E-state index contributed by atoms with van der Waals surface area (Å²) < 4.78 is 5.31. The summed E-state index contributed by atoms with van der Waals surface area (Å²) in [5.41, 5.74) is -0.487. The second-order valence-corrected chi connectivity index (χ2v) is 2.89. The average molecular weight is 168 g/mol. The molecule has 0 saturated carbocycles. The molecule has 0 amide bonds. The molecule has 0 aromatic rings. The molecule has 0 heterocycles. The van der Waals surface area contributed by atoms with Crippen LogP contribution in [-0.4, -0.2) is 23.4 Å². The number of aliphatic hydroxyl groups is 1. The van der Waals surface area contributed by atoms with Crippen molar-refractivity contribution in [3.63, 3.8) is 0 Å². The van der Waals surface area contributed by atoms with E-state index in [-0.39, 0.29) is 0 Å². The van der Waals surface area contributed by atoms with E-state index in [1.54, 1.807) is 0 Å². The topological polar surface area (TPSA) is 29.5 Å². The van der Waals surface area contributed by atoms with Crippen LogP contribution in [0.15, 0.2) is 12.7 Å². The minimum atomic E-state index is -0.760. The van der Waals surface area contributed by atoms with Gasteiger partial charge in [-0.1, -0.05) is 24.5 Å². The molecule has 1 unspecified atom stereocenters. The molecule has 0 bridgehead atoms. The lowest BCUT2D eigenvalue weighted by Crippen LogP contribution is -2.22. The SMILES string of the molecule is C=CC(O)C#CC(C)(C)OCC. The van der Waals surface area contributed by atoms with Crippen molar-refractivity contribution in [2.24, 2.45) is 0 Å². The lowest BCUT2D eigenvalue weighted by Gasteiger charge is -2.17. The number of aliphatic hydroxyl groups excluding tert-OH is 1. The average Bonchev–Trinajstić information content (AvgIpc) is 2.00. The normalized spacial score (nSPS) is 13.0. The van der Waals surface area contributed by atoms with Crippen molar-refractivity contribution < 1.29 is 9.84 Å². The zero-order chi connectivity index (χ0) is 9.61. The number of rotatable bonds is 3. The fourth-order valence-electron chi connectivity index (χ4n) is 0.704. The van der Waals surface area contributed by atoms with Crippen LogP contribution in [0, 0.1) is 11.8 Å². The van der Waals surface area contributed by atoms with Gasteiger partial charge < -0.3 is 9.84 Å². The molecule has 0 aromatic carbocycles. The molecule has 0 rings (SSSR count). The van der Waals surface area contributed by atoms with E-state index in [2.05, 4.69) is 18.4 Å². The van der Waals surface area contributed by atoms with Gasteiger partial charge in [-0.05, 0) is 20.8 Å². The highest BCUT2D eigenvalue weighted by atomic mass is 16.5. The molecule has 68 valence electrons. The van der Waals surface area contributed by atoms with E-state index in [9.17, 15) is 0 Å². The van der Waals surface area contributed by atoms with Crippen LogP contribution in [0.25, 0.3) is 0 Å². The van der Waals surface area contributed by atoms with Crippen LogP contribution < -0.4 is 0 Å². The Hall–Kier alpha value is -0.780. The summed E-state index contributed by atoms with van der Waals surface area (Å²) in [6, 6.07) is 0. The monoisotopic (exact) mass is 168 g/mol. The van der Waals surface area contributed by atoms with Gasteiger partial charge in [0.1, 0.15) is 11.7 Å². The highest BCUT2D eigenvalue weighted by Gasteiger charge is 2.12. The van der Waals surface area contributed by atoms with Crippen molar-refractivity contribution in [2.75, 3.05) is 6.61 Å². The first-order valence-corrected chi connectivity index (χ1v) is 3.99. The summed E-state index contributed by atoms with van der Waals surface area (Å²) in [6.07, 6.45) is 0.624. The van der Waals surface area contributed by atoms with Crippen molar-refractivity contribution in [1.29, 1.82) is 0 Å². The first kappa shape index (κ1) is 11.2. The molecule has 0 aromatic heterocycles. The molecule has 0 radical (unpaired) electrons. The molecule has 12 heavy (non-hydrogen) atoms. The van der Waals surface area contributed by atoms with Crippen LogP contribution >= 0.6 is 0 Å². The molecule has 1 atom stereocenters. The molecule has 1 N–H and O–H groups in total. The van der Waals surface area contributed by atoms with Gasteiger partial charge >= 0.3 is 0 Å². The number of ether oxygens (including phenoxy) is 1. The van der Waals surface area contributed by atoms with E-state index < -0.39 is 11.7 Å². The van der Waals surface area contributed by atoms with Gasteiger partial charge in [0.05, 0.1) is 0 Å². The van der Waals surface area contributed by atoms with Gasteiger partial charge in [0.15, 0.2) is 0 Å². The summed E-state index contributed by atoms with van der Waals surface area (Å²) in [6.45, 7) is 9.66. The Morgan fingerprint density at radius 1 is 1.67 bits per heavy atom. The Balaban J connectivity index is 4.16. The van der Waals surface area contributed by atoms with Gasteiger partial charge in [-0.2, -0.15) is 0 Å². The van der Waals surface area contributed by atoms with Gasteiger partial charge in [0.25, 0.3) is 0 Å². The zero-order valence-electron chi connectivity index (χ0n) is 7.92. The Morgan fingerprint density at radius 3 is 2.67 bits per heavy atom. The summed E-state index contributed by atoms with van der Waals surface area (Å²) in [5, 5.41) is 9.04. The van der Waals surface area contributed by atoms with Crippen molar-refractivity contribution in [2.45, 2.75) is 32.5 Å². The summed E-state index contributed by atoms with van der Waals surface area (Å²) in [4.78, 5) is 0. The molecular weight excluding hydrogens is 152 g/mol. The molecule has 0 fully saturated rings. The summed E-state index contributed by atoms with van der Waals surface area (Å²) in [5.74, 6) is 5.44. The van der Waals surface area contributed by atoms with Crippen molar-refractivity contribution in [1.82, 2.24) is 0 Å². The second kappa shape index (κ2) is 4.97. The fraction of sp³-hybridized carbons (Fsp3) is 0.600. The fourth-order valence-corrected chi connectivity index (χ4v) is 0.704. The molecular formula is C10H16O2. The molecule has 2 nitrogen and oxygen atoms in total. The summed E-state index contributed by atoms with van der Waals surface area (Å²) in [7, 11) is 0. The maximum Gasteiger partial charge on any atom is 0.133 e. The Labute approximate surface area is 74.2 Å². The molecule has 0 aliphatic heterocycles. The van der Waals surface area contributed by atoms with Crippen LogP contribution in [0.5, 0.6) is 0 Å². The van der Waals surface area contributed by atoms with Crippen molar-refractivity contribution in [3.8, 4) is 11.8 Å². The van der Waals surface area contributed by atoms with Crippen molar-refractivity contribution in [3.05, 3.63) is 12.7 Å². The van der Waals surface area contributed by atoms with Crippen LogP contribution in [0.4, 0.5) is 0 Å². The van der Waals surface area contributed by atoms with E-state index in [4.69, 9.17) is 9.84 Å². The van der Waals surface area contributed by atoms with Crippen molar-refractivity contribution >= 4 is 0 Å². The van der Waals surface area contributed by atoms with Gasteiger partial charge in [0.2, 0.25) is 0 Å². The highest BCUT2D eigenvalue weighted by Crippen LogP contribution is 2.06. The number of hydrogen-bond donors (Lipinski definition) is 1. The largest absolute Gasteiger partial charge is 0.377 e. The third-order valence-corrected chi connectivity index (χ3v) is 1.25. The molecule has 0 saturated heterocycles. The van der Waals surface area contributed by atoms with Crippen LogP contribution in [0.2, 0.25) is 0 Å². The predicted octanol–water partition coefficient (Wildman–Crippen LogP) is 1.35. The molecule has 0 aliphatic carbocycles. The highest BCUT2D eigenvalue weighted by molar-refractivity contribution is 5.17. The van der Waals surface area contributed by atoms with Crippen LogP contribution in [0.3, 0.4) is 0 Å². The van der Waals surface area contributed by atoms with E-state index in [0.29, 0.717) is 6.61 Å². The predicted molar refractivity (Wildman–Crippen MR) is 49.7 cm³/mol. The van der Waals surface area contributed by atoms with Gasteiger partial charge in [-0.3, -0.25) is 0 Å². The minimum Gasteiger partial charge on any atom is -0.377 e. The number of hydrogen-bond acceptors (Lipinski definition) is 2. The van der Waals surface area contributed by atoms with E-state index >= 15 is 0 Å². The van der Waals surface area contributed by atoms with Crippen LogP contribution in [-0.2, 0) is 4.74 Å². The van der Waals surface area contributed by atoms with Crippen LogP contribution in [0.1, 0.15) is 20.8 Å². The first-order chi connectivity index (χ1) is 5.52. The summed E-state index contributed by atoms with van der Waals surface area (Å²) >= 11 is 0. The lowest BCUT2D eigenvalue weighted by molar-refractivity contribution is 0.0359. The third-order valence-electron chi connectivity index (χ3n) is 1.25. The van der Waals surface area contributed by atoms with Gasteiger partial charge in [-0.15, -0.1) is 0 Å². The smallest absolute Gasteiger partial charge is 0.133 e. The third kappa shape index (κ3) is 4.95. The lowest BCUT2D eigenvalue weighted by atomic mass is 10.1. The Bertz CT molecular complexity index is 196. The van der Waals surface area contributed by atoms with E-state index in [0.717, 1.165) is 0 Å². The maximum atomic E-state index is 9.04. The Kier molecular flexibility index (Phi) is 4.65. The molecule has 2 heteroatoms.